The van der Waals surface area contributed by atoms with E-state index in [9.17, 15) is 9.18 Å². The van der Waals surface area contributed by atoms with Crippen molar-refractivity contribution >= 4 is 18.5 Å². The van der Waals surface area contributed by atoms with Gasteiger partial charge in [0.25, 0.3) is 0 Å². The number of aromatic nitrogens is 2. The van der Waals surface area contributed by atoms with Gasteiger partial charge in [-0.3, -0.25) is 4.79 Å². The summed E-state index contributed by atoms with van der Waals surface area (Å²) in [6.45, 7) is 3.42. The van der Waals surface area contributed by atoms with Gasteiger partial charge in [-0.1, -0.05) is 19.8 Å². The molecule has 3 rings (SSSR count). The molecule has 0 fully saturated rings. The number of amides is 1. The standard InChI is InChI=1S/C19H25FN4OS/c1-2-3-4-17-18-22-16(13-5-7-14(20)8-6-13)11-23(18)9-10-24(17)19(25)15(21)12-26/h5-8,11,15,17,26H,2-4,9-10,12,21H2,1H3. The number of nitrogens with zero attached hydrogens (tertiary/aromatic N) is 3. The first-order valence-electron chi connectivity index (χ1n) is 9.05. The van der Waals surface area contributed by atoms with Gasteiger partial charge in [0.05, 0.1) is 17.8 Å². The molecule has 1 amide bonds. The quantitative estimate of drug-likeness (QED) is 0.762. The summed E-state index contributed by atoms with van der Waals surface area (Å²) in [5.41, 5.74) is 7.61. The molecule has 2 unspecified atom stereocenters. The van der Waals surface area contributed by atoms with E-state index >= 15 is 0 Å². The molecule has 1 aliphatic rings. The van der Waals surface area contributed by atoms with E-state index in [0.29, 0.717) is 18.8 Å². The molecule has 7 heteroatoms. The Labute approximate surface area is 158 Å². The number of carbonyl (C=O) groups is 1. The van der Waals surface area contributed by atoms with Crippen molar-refractivity contribution < 1.29 is 9.18 Å². The summed E-state index contributed by atoms with van der Waals surface area (Å²) < 4.78 is 15.3. The minimum Gasteiger partial charge on any atom is -0.331 e. The van der Waals surface area contributed by atoms with Crippen molar-refractivity contribution in [3.63, 3.8) is 0 Å². The van der Waals surface area contributed by atoms with Crippen LogP contribution in [-0.4, -0.2) is 38.7 Å². The lowest BCUT2D eigenvalue weighted by Crippen LogP contribution is -2.50. The van der Waals surface area contributed by atoms with E-state index in [2.05, 4.69) is 24.1 Å². The molecule has 2 heterocycles. The number of nitrogens with two attached hydrogens (primary N) is 1. The predicted molar refractivity (Wildman–Crippen MR) is 103 cm³/mol. The molecule has 5 nitrogen and oxygen atoms in total. The highest BCUT2D eigenvalue weighted by Crippen LogP contribution is 2.32. The van der Waals surface area contributed by atoms with Gasteiger partial charge in [-0.15, -0.1) is 0 Å². The number of unbranched alkanes of at least 4 members (excludes halogenated alkanes) is 1. The third-order valence-corrected chi connectivity index (χ3v) is 5.22. The summed E-state index contributed by atoms with van der Waals surface area (Å²) in [5.74, 6) is 0.865. The molecule has 0 radical (unpaired) electrons. The van der Waals surface area contributed by atoms with Crippen LogP contribution >= 0.6 is 12.6 Å². The van der Waals surface area contributed by atoms with Crippen LogP contribution in [-0.2, 0) is 11.3 Å². The van der Waals surface area contributed by atoms with Crippen LogP contribution in [0.15, 0.2) is 30.5 Å². The van der Waals surface area contributed by atoms with E-state index in [1.54, 1.807) is 12.1 Å². The monoisotopic (exact) mass is 376 g/mol. The van der Waals surface area contributed by atoms with Crippen LogP contribution in [0.4, 0.5) is 4.39 Å². The zero-order valence-electron chi connectivity index (χ0n) is 14.9. The molecule has 0 saturated heterocycles. The van der Waals surface area contributed by atoms with Crippen molar-refractivity contribution in [3.8, 4) is 11.3 Å². The first-order chi connectivity index (χ1) is 12.5. The maximum Gasteiger partial charge on any atom is 0.241 e. The lowest BCUT2D eigenvalue weighted by molar-refractivity contribution is -0.136. The van der Waals surface area contributed by atoms with Crippen molar-refractivity contribution in [1.29, 1.82) is 0 Å². The number of halogens is 1. The number of benzene rings is 1. The van der Waals surface area contributed by atoms with Crippen LogP contribution in [0.3, 0.4) is 0 Å². The first kappa shape index (κ1) is 18.9. The summed E-state index contributed by atoms with van der Waals surface area (Å²) in [7, 11) is 0. The molecule has 1 aromatic heterocycles. The number of carbonyl (C=O) groups excluding carboxylic acids is 1. The molecule has 1 aromatic carbocycles. The van der Waals surface area contributed by atoms with Gasteiger partial charge in [0.15, 0.2) is 0 Å². The van der Waals surface area contributed by atoms with Gasteiger partial charge in [0, 0.05) is 30.6 Å². The average molecular weight is 377 g/mol. The lowest BCUT2D eigenvalue weighted by atomic mass is 10.0. The van der Waals surface area contributed by atoms with E-state index in [4.69, 9.17) is 10.7 Å². The molecule has 2 atom stereocenters. The van der Waals surface area contributed by atoms with Crippen molar-refractivity contribution in [2.45, 2.75) is 44.8 Å². The van der Waals surface area contributed by atoms with E-state index < -0.39 is 6.04 Å². The van der Waals surface area contributed by atoms with Crippen LogP contribution in [0.2, 0.25) is 0 Å². The molecule has 2 aromatic rings. The molecular weight excluding hydrogens is 351 g/mol. The van der Waals surface area contributed by atoms with Crippen LogP contribution in [0.25, 0.3) is 11.3 Å². The summed E-state index contributed by atoms with van der Waals surface area (Å²) in [5, 5.41) is 0. The smallest absolute Gasteiger partial charge is 0.241 e. The highest BCUT2D eigenvalue weighted by molar-refractivity contribution is 7.80. The Morgan fingerprint density at radius 3 is 2.77 bits per heavy atom. The highest BCUT2D eigenvalue weighted by atomic mass is 32.1. The maximum absolute atomic E-state index is 13.2. The molecule has 0 bridgehead atoms. The fourth-order valence-corrected chi connectivity index (χ4v) is 3.54. The highest BCUT2D eigenvalue weighted by Gasteiger charge is 2.34. The van der Waals surface area contributed by atoms with Gasteiger partial charge >= 0.3 is 0 Å². The van der Waals surface area contributed by atoms with Crippen molar-refractivity contribution in [2.75, 3.05) is 12.3 Å². The van der Waals surface area contributed by atoms with Crippen LogP contribution in [0.5, 0.6) is 0 Å². The molecular formula is C19H25FN4OS. The normalized spacial score (nSPS) is 17.8. The third kappa shape index (κ3) is 3.78. The van der Waals surface area contributed by atoms with Gasteiger partial charge in [-0.25, -0.2) is 9.37 Å². The Morgan fingerprint density at radius 1 is 1.38 bits per heavy atom. The van der Waals surface area contributed by atoms with E-state index in [-0.39, 0.29) is 17.8 Å². The largest absolute Gasteiger partial charge is 0.331 e. The Balaban J connectivity index is 1.93. The minimum absolute atomic E-state index is 0.0707. The van der Waals surface area contributed by atoms with Crippen molar-refractivity contribution in [1.82, 2.24) is 14.5 Å². The van der Waals surface area contributed by atoms with Gasteiger partial charge < -0.3 is 15.2 Å². The second-order valence-electron chi connectivity index (χ2n) is 6.66. The third-order valence-electron chi connectivity index (χ3n) is 4.83. The number of fused-ring (bicyclic) bond motifs is 1. The number of hydrogen-bond acceptors (Lipinski definition) is 4. The van der Waals surface area contributed by atoms with Crippen LogP contribution in [0.1, 0.15) is 38.1 Å². The van der Waals surface area contributed by atoms with Gasteiger partial charge in [0.2, 0.25) is 5.91 Å². The summed E-state index contributed by atoms with van der Waals surface area (Å²) in [4.78, 5) is 19.3. The number of thiol groups is 1. The van der Waals surface area contributed by atoms with Gasteiger partial charge in [-0.2, -0.15) is 12.6 Å². The second kappa shape index (κ2) is 8.22. The number of rotatable bonds is 6. The maximum atomic E-state index is 13.2. The fourth-order valence-electron chi connectivity index (χ4n) is 3.38. The van der Waals surface area contributed by atoms with Crippen LogP contribution in [0, 0.1) is 5.82 Å². The Kier molecular flexibility index (Phi) is 5.98. The zero-order chi connectivity index (χ0) is 18.7. The van der Waals surface area contributed by atoms with E-state index in [0.717, 1.165) is 36.3 Å². The van der Waals surface area contributed by atoms with E-state index in [1.807, 2.05) is 11.1 Å². The van der Waals surface area contributed by atoms with Crippen molar-refractivity contribution in [3.05, 3.63) is 42.1 Å². The average Bonchev–Trinajstić information content (AvgIpc) is 3.09. The number of hydrogen-bond donors (Lipinski definition) is 2. The molecule has 0 spiro atoms. The van der Waals surface area contributed by atoms with Crippen molar-refractivity contribution in [2.24, 2.45) is 5.73 Å². The molecule has 0 saturated carbocycles. The molecule has 1 aliphatic heterocycles. The predicted octanol–water partition coefficient (Wildman–Crippen LogP) is 3.02. The number of imidazole rings is 1. The molecule has 140 valence electrons. The summed E-state index contributed by atoms with van der Waals surface area (Å²) >= 11 is 4.17. The molecule has 0 aliphatic carbocycles. The minimum atomic E-state index is -0.597. The second-order valence-corrected chi connectivity index (χ2v) is 7.03. The summed E-state index contributed by atoms with van der Waals surface area (Å²) in [6.07, 6.45) is 4.88. The Bertz CT molecular complexity index is 761. The first-order valence-corrected chi connectivity index (χ1v) is 9.68. The SMILES string of the molecule is CCCCC1c2nc(-c3ccc(F)cc3)cn2CCN1C(=O)C(N)CS. The van der Waals surface area contributed by atoms with Crippen LogP contribution < -0.4 is 5.73 Å². The van der Waals surface area contributed by atoms with E-state index in [1.165, 1.54) is 12.1 Å². The Morgan fingerprint density at radius 2 is 2.12 bits per heavy atom. The summed E-state index contributed by atoms with van der Waals surface area (Å²) in [6, 6.07) is 5.64. The fraction of sp³-hybridized carbons (Fsp3) is 0.474. The topological polar surface area (TPSA) is 64.2 Å². The van der Waals surface area contributed by atoms with Gasteiger partial charge in [-0.05, 0) is 30.7 Å². The molecule has 26 heavy (non-hydrogen) atoms. The van der Waals surface area contributed by atoms with Gasteiger partial charge in [0.1, 0.15) is 11.6 Å². The molecule has 2 N–H and O–H groups in total. The zero-order valence-corrected chi connectivity index (χ0v) is 15.8. The Hall–Kier alpha value is -1.86. The lowest BCUT2D eigenvalue weighted by Gasteiger charge is -2.37.